The molecule has 6 heteroatoms. The first kappa shape index (κ1) is 18.8. The Bertz CT molecular complexity index is 918. The predicted octanol–water partition coefficient (Wildman–Crippen LogP) is 4.70. The van der Waals surface area contributed by atoms with Gasteiger partial charge in [0, 0.05) is 22.3 Å². The second kappa shape index (κ2) is 8.60. The van der Waals surface area contributed by atoms with Crippen LogP contribution < -0.4 is 10.6 Å². The molecule has 0 atom stereocenters. The Morgan fingerprint density at radius 3 is 2.33 bits per heavy atom. The van der Waals surface area contributed by atoms with Crippen LogP contribution in [0.3, 0.4) is 0 Å². The standard InChI is InChI=1S/C21H21N3O2S/c1-14(2)18-13-22-21(27-18)24-20(26)16-8-10-17(11-9-16)23-19(25)12-15-6-4-3-5-7-15/h3-11,13-14H,12H2,1-2H3,(H,23,25)(H,22,24,26). The fourth-order valence-electron chi connectivity index (χ4n) is 2.47. The zero-order valence-electron chi connectivity index (χ0n) is 15.2. The van der Waals surface area contributed by atoms with Gasteiger partial charge in [0.15, 0.2) is 5.13 Å². The van der Waals surface area contributed by atoms with Crippen LogP contribution in [0.1, 0.15) is 40.6 Å². The Balaban J connectivity index is 1.57. The largest absolute Gasteiger partial charge is 0.326 e. The van der Waals surface area contributed by atoms with Gasteiger partial charge in [0.25, 0.3) is 5.91 Å². The van der Waals surface area contributed by atoms with E-state index in [2.05, 4.69) is 29.5 Å². The van der Waals surface area contributed by atoms with Gasteiger partial charge in [0.05, 0.1) is 6.42 Å². The topological polar surface area (TPSA) is 71.1 Å². The van der Waals surface area contributed by atoms with E-state index in [4.69, 9.17) is 0 Å². The normalized spacial score (nSPS) is 10.6. The maximum atomic E-state index is 12.3. The minimum atomic E-state index is -0.221. The van der Waals surface area contributed by atoms with E-state index < -0.39 is 0 Å². The highest BCUT2D eigenvalue weighted by atomic mass is 32.1. The van der Waals surface area contributed by atoms with Crippen molar-refractivity contribution in [2.75, 3.05) is 10.6 Å². The van der Waals surface area contributed by atoms with Crippen molar-refractivity contribution < 1.29 is 9.59 Å². The van der Waals surface area contributed by atoms with Crippen LogP contribution in [0.5, 0.6) is 0 Å². The lowest BCUT2D eigenvalue weighted by molar-refractivity contribution is -0.115. The molecule has 2 amide bonds. The maximum absolute atomic E-state index is 12.3. The van der Waals surface area contributed by atoms with Crippen molar-refractivity contribution in [2.24, 2.45) is 0 Å². The van der Waals surface area contributed by atoms with Gasteiger partial charge in [-0.1, -0.05) is 44.2 Å². The van der Waals surface area contributed by atoms with Gasteiger partial charge in [0.1, 0.15) is 0 Å². The van der Waals surface area contributed by atoms with Crippen molar-refractivity contribution >= 4 is 34.0 Å². The van der Waals surface area contributed by atoms with E-state index in [9.17, 15) is 9.59 Å². The molecule has 138 valence electrons. The number of thiazole rings is 1. The summed E-state index contributed by atoms with van der Waals surface area (Å²) in [6.07, 6.45) is 2.10. The highest BCUT2D eigenvalue weighted by Crippen LogP contribution is 2.25. The Hall–Kier alpha value is -2.99. The molecule has 0 aliphatic carbocycles. The molecule has 0 saturated carbocycles. The van der Waals surface area contributed by atoms with Crippen molar-refractivity contribution in [3.05, 3.63) is 76.8 Å². The fraction of sp³-hybridized carbons (Fsp3) is 0.190. The number of carbonyl (C=O) groups is 2. The summed E-state index contributed by atoms with van der Waals surface area (Å²) in [5, 5.41) is 6.24. The van der Waals surface area contributed by atoms with E-state index >= 15 is 0 Å². The average Bonchev–Trinajstić information content (AvgIpc) is 3.12. The number of hydrogen-bond acceptors (Lipinski definition) is 4. The first-order valence-electron chi connectivity index (χ1n) is 8.72. The lowest BCUT2D eigenvalue weighted by Gasteiger charge is -2.07. The Morgan fingerprint density at radius 2 is 1.70 bits per heavy atom. The molecular formula is C21H21N3O2S. The Kier molecular flexibility index (Phi) is 5.98. The number of rotatable bonds is 6. The van der Waals surface area contributed by atoms with E-state index in [1.807, 2.05) is 30.3 Å². The van der Waals surface area contributed by atoms with Gasteiger partial charge in [-0.2, -0.15) is 0 Å². The molecule has 3 rings (SSSR count). The summed E-state index contributed by atoms with van der Waals surface area (Å²) in [5.74, 6) is 0.0659. The molecule has 27 heavy (non-hydrogen) atoms. The lowest BCUT2D eigenvalue weighted by Crippen LogP contribution is -2.15. The molecule has 0 radical (unpaired) electrons. The summed E-state index contributed by atoms with van der Waals surface area (Å²) < 4.78 is 0. The van der Waals surface area contributed by atoms with Gasteiger partial charge in [-0.25, -0.2) is 4.98 Å². The molecule has 0 saturated heterocycles. The monoisotopic (exact) mass is 379 g/mol. The number of carbonyl (C=O) groups excluding carboxylic acids is 2. The number of aromatic nitrogens is 1. The van der Waals surface area contributed by atoms with Crippen LogP contribution in [0.2, 0.25) is 0 Å². The molecule has 2 aromatic carbocycles. The molecule has 0 unspecified atom stereocenters. The predicted molar refractivity (Wildman–Crippen MR) is 109 cm³/mol. The summed E-state index contributed by atoms with van der Waals surface area (Å²) in [4.78, 5) is 29.8. The van der Waals surface area contributed by atoms with Crippen molar-refractivity contribution in [2.45, 2.75) is 26.2 Å². The van der Waals surface area contributed by atoms with E-state index in [1.54, 1.807) is 30.5 Å². The van der Waals surface area contributed by atoms with E-state index in [-0.39, 0.29) is 11.8 Å². The van der Waals surface area contributed by atoms with Gasteiger partial charge in [-0.05, 0) is 35.7 Å². The fourth-order valence-corrected chi connectivity index (χ4v) is 3.29. The first-order chi connectivity index (χ1) is 13.0. The molecule has 1 aromatic heterocycles. The second-order valence-electron chi connectivity index (χ2n) is 6.46. The summed E-state index contributed by atoms with van der Waals surface area (Å²) >= 11 is 1.48. The van der Waals surface area contributed by atoms with Crippen LogP contribution >= 0.6 is 11.3 Å². The van der Waals surface area contributed by atoms with Crippen molar-refractivity contribution in [3.8, 4) is 0 Å². The molecule has 2 N–H and O–H groups in total. The number of hydrogen-bond donors (Lipinski definition) is 2. The van der Waals surface area contributed by atoms with Crippen LogP contribution in [0.15, 0.2) is 60.8 Å². The summed E-state index contributed by atoms with van der Waals surface area (Å²) in [6.45, 7) is 4.17. The molecule has 5 nitrogen and oxygen atoms in total. The molecule has 0 bridgehead atoms. The smallest absolute Gasteiger partial charge is 0.257 e. The van der Waals surface area contributed by atoms with Crippen LogP contribution in [0.25, 0.3) is 0 Å². The maximum Gasteiger partial charge on any atom is 0.257 e. The molecule has 1 heterocycles. The van der Waals surface area contributed by atoms with E-state index in [0.29, 0.717) is 28.7 Å². The van der Waals surface area contributed by atoms with Crippen molar-refractivity contribution in [1.29, 1.82) is 0 Å². The zero-order chi connectivity index (χ0) is 19.2. The summed E-state index contributed by atoms with van der Waals surface area (Å²) in [7, 11) is 0. The second-order valence-corrected chi connectivity index (χ2v) is 7.53. The number of nitrogens with zero attached hydrogens (tertiary/aromatic N) is 1. The Morgan fingerprint density at radius 1 is 1.00 bits per heavy atom. The third-order valence-corrected chi connectivity index (χ3v) is 5.16. The van der Waals surface area contributed by atoms with Gasteiger partial charge in [-0.3, -0.25) is 14.9 Å². The molecule has 0 aliphatic heterocycles. The SMILES string of the molecule is CC(C)c1cnc(NC(=O)c2ccc(NC(=O)Cc3ccccc3)cc2)s1. The highest BCUT2D eigenvalue weighted by molar-refractivity contribution is 7.15. The molecule has 3 aromatic rings. The number of anilines is 2. The third kappa shape index (κ3) is 5.24. The zero-order valence-corrected chi connectivity index (χ0v) is 16.0. The lowest BCUT2D eigenvalue weighted by atomic mass is 10.1. The first-order valence-corrected chi connectivity index (χ1v) is 9.54. The number of amides is 2. The molecular weight excluding hydrogens is 358 g/mol. The Labute approximate surface area is 162 Å². The van der Waals surface area contributed by atoms with E-state index in [1.165, 1.54) is 11.3 Å². The molecule has 0 aliphatic rings. The number of nitrogens with one attached hydrogen (secondary N) is 2. The third-order valence-electron chi connectivity index (χ3n) is 3.95. The van der Waals surface area contributed by atoms with Gasteiger partial charge >= 0.3 is 0 Å². The summed E-state index contributed by atoms with van der Waals surface area (Å²) in [6, 6.07) is 16.4. The van der Waals surface area contributed by atoms with Gasteiger partial charge < -0.3 is 5.32 Å². The molecule has 0 spiro atoms. The van der Waals surface area contributed by atoms with Crippen molar-refractivity contribution in [3.63, 3.8) is 0 Å². The summed E-state index contributed by atoms with van der Waals surface area (Å²) in [5.41, 5.74) is 2.12. The minimum Gasteiger partial charge on any atom is -0.326 e. The van der Waals surface area contributed by atoms with Crippen molar-refractivity contribution in [1.82, 2.24) is 4.98 Å². The molecule has 0 fully saturated rings. The van der Waals surface area contributed by atoms with Crippen LogP contribution in [0, 0.1) is 0 Å². The number of benzene rings is 2. The van der Waals surface area contributed by atoms with Crippen LogP contribution in [-0.2, 0) is 11.2 Å². The van der Waals surface area contributed by atoms with Gasteiger partial charge in [-0.15, -0.1) is 11.3 Å². The van der Waals surface area contributed by atoms with Crippen LogP contribution in [-0.4, -0.2) is 16.8 Å². The quantitative estimate of drug-likeness (QED) is 0.652. The minimum absolute atomic E-state index is 0.0950. The van der Waals surface area contributed by atoms with Gasteiger partial charge in [0.2, 0.25) is 5.91 Å². The van der Waals surface area contributed by atoms with Crippen LogP contribution in [0.4, 0.5) is 10.8 Å². The average molecular weight is 379 g/mol. The highest BCUT2D eigenvalue weighted by Gasteiger charge is 2.11. The van der Waals surface area contributed by atoms with E-state index in [0.717, 1.165) is 10.4 Å².